The first-order valence-electron chi connectivity index (χ1n) is 6.04. The predicted molar refractivity (Wildman–Crippen MR) is 72.5 cm³/mol. The molecule has 0 saturated heterocycles. The second-order valence-corrected chi connectivity index (χ2v) is 4.62. The summed E-state index contributed by atoms with van der Waals surface area (Å²) in [7, 11) is 0. The van der Waals surface area contributed by atoms with E-state index in [0.29, 0.717) is 5.92 Å². The van der Waals surface area contributed by atoms with Gasteiger partial charge in [0, 0.05) is 24.1 Å². The second-order valence-electron chi connectivity index (χ2n) is 4.62. The normalized spacial score (nSPS) is 10.7. The molecule has 0 bridgehead atoms. The number of carbonyl (C=O) groups is 1. The summed E-state index contributed by atoms with van der Waals surface area (Å²) in [5.41, 5.74) is 1.75. The van der Waals surface area contributed by atoms with Crippen molar-refractivity contribution in [2.75, 3.05) is 5.32 Å². The van der Waals surface area contributed by atoms with E-state index in [9.17, 15) is 4.79 Å². The Morgan fingerprint density at radius 3 is 2.61 bits per heavy atom. The van der Waals surface area contributed by atoms with Crippen LogP contribution in [0.1, 0.15) is 32.4 Å². The molecule has 1 aromatic carbocycles. The number of rotatable bonds is 3. The number of furan rings is 1. The molecule has 1 N–H and O–H groups in total. The monoisotopic (exact) mass is 243 g/mol. The van der Waals surface area contributed by atoms with Crippen LogP contribution in [0.4, 0.5) is 5.69 Å². The van der Waals surface area contributed by atoms with E-state index in [1.54, 1.807) is 0 Å². The Labute approximate surface area is 107 Å². The summed E-state index contributed by atoms with van der Waals surface area (Å²) in [5, 5.41) is 2.76. The Morgan fingerprint density at radius 2 is 2.00 bits per heavy atom. The molecule has 0 aliphatic rings. The first-order valence-corrected chi connectivity index (χ1v) is 6.04. The smallest absolute Gasteiger partial charge is 0.221 e. The van der Waals surface area contributed by atoms with Crippen molar-refractivity contribution in [2.24, 2.45) is 0 Å². The number of hydrogen-bond donors (Lipinski definition) is 1. The highest BCUT2D eigenvalue weighted by Crippen LogP contribution is 2.27. The van der Waals surface area contributed by atoms with E-state index in [2.05, 4.69) is 19.2 Å². The maximum atomic E-state index is 11.0. The largest absolute Gasteiger partial charge is 0.461 e. The number of hydrogen-bond acceptors (Lipinski definition) is 2. The molecule has 3 heteroatoms. The zero-order valence-electron chi connectivity index (χ0n) is 10.9. The fraction of sp³-hybridized carbons (Fsp3) is 0.267. The lowest BCUT2D eigenvalue weighted by Gasteiger charge is -2.04. The molecule has 94 valence electrons. The molecule has 1 aromatic heterocycles. The average Bonchev–Trinajstić information content (AvgIpc) is 2.77. The Morgan fingerprint density at radius 1 is 1.22 bits per heavy atom. The summed E-state index contributed by atoms with van der Waals surface area (Å²) >= 11 is 0. The van der Waals surface area contributed by atoms with Crippen molar-refractivity contribution < 1.29 is 9.21 Å². The summed E-state index contributed by atoms with van der Waals surface area (Å²) in [5.74, 6) is 2.09. The minimum Gasteiger partial charge on any atom is -0.461 e. The van der Waals surface area contributed by atoms with Gasteiger partial charge in [-0.3, -0.25) is 4.79 Å². The number of amides is 1. The topological polar surface area (TPSA) is 42.2 Å². The van der Waals surface area contributed by atoms with Crippen molar-refractivity contribution in [3.8, 4) is 11.3 Å². The van der Waals surface area contributed by atoms with E-state index < -0.39 is 0 Å². The number of nitrogens with one attached hydrogen (secondary N) is 1. The molecule has 2 rings (SSSR count). The van der Waals surface area contributed by atoms with E-state index in [4.69, 9.17) is 4.42 Å². The van der Waals surface area contributed by atoms with Gasteiger partial charge in [-0.1, -0.05) is 26.0 Å². The summed E-state index contributed by atoms with van der Waals surface area (Å²) in [4.78, 5) is 11.0. The Kier molecular flexibility index (Phi) is 3.51. The van der Waals surface area contributed by atoms with Gasteiger partial charge in [-0.05, 0) is 24.3 Å². The molecule has 18 heavy (non-hydrogen) atoms. The van der Waals surface area contributed by atoms with E-state index in [1.807, 2.05) is 36.4 Å². The van der Waals surface area contributed by atoms with E-state index in [1.165, 1.54) is 6.92 Å². The summed E-state index contributed by atoms with van der Waals surface area (Å²) in [6.45, 7) is 5.68. The lowest BCUT2D eigenvalue weighted by atomic mass is 10.1. The van der Waals surface area contributed by atoms with Crippen LogP contribution < -0.4 is 5.32 Å². The van der Waals surface area contributed by atoms with E-state index in [-0.39, 0.29) is 5.91 Å². The standard InChI is InChI=1S/C15H17NO2/c1-10(2)14-7-8-15(18-14)12-5-4-6-13(9-12)16-11(3)17/h4-10H,1-3H3,(H,16,17). The molecule has 0 aliphatic carbocycles. The SMILES string of the molecule is CC(=O)Nc1cccc(-c2ccc(C(C)C)o2)c1. The molecule has 0 fully saturated rings. The fourth-order valence-corrected chi connectivity index (χ4v) is 1.77. The van der Waals surface area contributed by atoms with E-state index in [0.717, 1.165) is 22.8 Å². The molecular formula is C15H17NO2. The van der Waals surface area contributed by atoms with Crippen LogP contribution in [-0.2, 0) is 4.79 Å². The molecule has 0 aliphatic heterocycles. The van der Waals surface area contributed by atoms with Crippen molar-refractivity contribution in [1.29, 1.82) is 0 Å². The summed E-state index contributed by atoms with van der Waals surface area (Å²) in [6.07, 6.45) is 0. The van der Waals surface area contributed by atoms with Gasteiger partial charge < -0.3 is 9.73 Å². The zero-order valence-corrected chi connectivity index (χ0v) is 10.9. The van der Waals surface area contributed by atoms with Gasteiger partial charge in [0.25, 0.3) is 0 Å². The van der Waals surface area contributed by atoms with Crippen LogP contribution in [0.2, 0.25) is 0 Å². The lowest BCUT2D eigenvalue weighted by Crippen LogP contribution is -2.05. The number of benzene rings is 1. The van der Waals surface area contributed by atoms with Crippen LogP contribution in [0, 0.1) is 0 Å². The van der Waals surface area contributed by atoms with Gasteiger partial charge in [-0.25, -0.2) is 0 Å². The third kappa shape index (κ3) is 2.80. The van der Waals surface area contributed by atoms with Crippen molar-refractivity contribution in [3.05, 3.63) is 42.2 Å². The van der Waals surface area contributed by atoms with E-state index >= 15 is 0 Å². The molecule has 3 nitrogen and oxygen atoms in total. The fourth-order valence-electron chi connectivity index (χ4n) is 1.77. The highest BCUT2D eigenvalue weighted by atomic mass is 16.3. The zero-order chi connectivity index (χ0) is 13.1. The van der Waals surface area contributed by atoms with Gasteiger partial charge in [0.05, 0.1) is 0 Å². The van der Waals surface area contributed by atoms with Crippen LogP contribution in [-0.4, -0.2) is 5.91 Å². The molecule has 0 atom stereocenters. The molecular weight excluding hydrogens is 226 g/mol. The third-order valence-corrected chi connectivity index (χ3v) is 2.66. The minimum atomic E-state index is -0.0746. The second kappa shape index (κ2) is 5.08. The molecule has 0 unspecified atom stereocenters. The Hall–Kier alpha value is -2.03. The molecule has 2 aromatic rings. The first-order chi connectivity index (χ1) is 8.56. The minimum absolute atomic E-state index is 0.0746. The molecule has 0 radical (unpaired) electrons. The highest BCUT2D eigenvalue weighted by Gasteiger charge is 2.08. The van der Waals surface area contributed by atoms with Crippen LogP contribution in [0.15, 0.2) is 40.8 Å². The van der Waals surface area contributed by atoms with Gasteiger partial charge in [0.15, 0.2) is 0 Å². The van der Waals surface area contributed by atoms with Crippen molar-refractivity contribution >= 4 is 11.6 Å². The maximum Gasteiger partial charge on any atom is 0.221 e. The predicted octanol–water partition coefficient (Wildman–Crippen LogP) is 4.03. The molecule has 1 heterocycles. The third-order valence-electron chi connectivity index (χ3n) is 2.66. The maximum absolute atomic E-state index is 11.0. The van der Waals surface area contributed by atoms with Gasteiger partial charge in [0.1, 0.15) is 11.5 Å². The molecule has 0 spiro atoms. The Balaban J connectivity index is 2.29. The summed E-state index contributed by atoms with van der Waals surface area (Å²) in [6, 6.07) is 11.6. The van der Waals surface area contributed by atoms with Gasteiger partial charge in [-0.2, -0.15) is 0 Å². The van der Waals surface area contributed by atoms with Gasteiger partial charge >= 0.3 is 0 Å². The van der Waals surface area contributed by atoms with Crippen molar-refractivity contribution in [3.63, 3.8) is 0 Å². The van der Waals surface area contributed by atoms with Crippen molar-refractivity contribution in [2.45, 2.75) is 26.7 Å². The van der Waals surface area contributed by atoms with Gasteiger partial charge in [0.2, 0.25) is 5.91 Å². The van der Waals surface area contributed by atoms with Crippen molar-refractivity contribution in [1.82, 2.24) is 0 Å². The van der Waals surface area contributed by atoms with Crippen LogP contribution in [0.5, 0.6) is 0 Å². The molecule has 0 saturated carbocycles. The van der Waals surface area contributed by atoms with Crippen LogP contribution in [0.3, 0.4) is 0 Å². The average molecular weight is 243 g/mol. The highest BCUT2D eigenvalue weighted by molar-refractivity contribution is 5.89. The van der Waals surface area contributed by atoms with Crippen LogP contribution in [0.25, 0.3) is 11.3 Å². The summed E-state index contributed by atoms with van der Waals surface area (Å²) < 4.78 is 5.78. The number of carbonyl (C=O) groups excluding carboxylic acids is 1. The molecule has 1 amide bonds. The van der Waals surface area contributed by atoms with Crippen LogP contribution >= 0.6 is 0 Å². The lowest BCUT2D eigenvalue weighted by molar-refractivity contribution is -0.114. The Bertz CT molecular complexity index is 555. The first kappa shape index (κ1) is 12.4. The quantitative estimate of drug-likeness (QED) is 0.884. The van der Waals surface area contributed by atoms with Gasteiger partial charge in [-0.15, -0.1) is 0 Å². The number of anilines is 1.